The van der Waals surface area contributed by atoms with Crippen LogP contribution in [0.4, 0.5) is 11.4 Å². The molecule has 106 valence electrons. The van der Waals surface area contributed by atoms with Crippen LogP contribution in [0.3, 0.4) is 0 Å². The summed E-state index contributed by atoms with van der Waals surface area (Å²) >= 11 is 0. The summed E-state index contributed by atoms with van der Waals surface area (Å²) in [4.78, 5) is 10.3. The maximum atomic E-state index is 10.7. The zero-order chi connectivity index (χ0) is 14.8. The first-order valence-electron chi connectivity index (χ1n) is 6.58. The van der Waals surface area contributed by atoms with Crippen LogP contribution >= 0.6 is 0 Å². The second-order valence-corrected chi connectivity index (χ2v) is 4.85. The Kier molecular flexibility index (Phi) is 3.27. The molecule has 0 amide bonds. The molecule has 0 bridgehead atoms. The van der Waals surface area contributed by atoms with E-state index < -0.39 is 4.92 Å². The summed E-state index contributed by atoms with van der Waals surface area (Å²) in [7, 11) is 0. The van der Waals surface area contributed by atoms with Gasteiger partial charge in [0.05, 0.1) is 16.6 Å². The zero-order valence-electron chi connectivity index (χ0n) is 11.4. The summed E-state index contributed by atoms with van der Waals surface area (Å²) in [6.07, 6.45) is 1.78. The molecule has 2 aromatic carbocycles. The number of hydrogen-bond acceptors (Lipinski definition) is 4. The van der Waals surface area contributed by atoms with Gasteiger partial charge in [0, 0.05) is 29.2 Å². The third-order valence-electron chi connectivity index (χ3n) is 3.46. The largest absolute Gasteiger partial charge is 0.378 e. The van der Waals surface area contributed by atoms with Gasteiger partial charge in [-0.15, -0.1) is 0 Å². The van der Waals surface area contributed by atoms with E-state index in [9.17, 15) is 10.1 Å². The van der Waals surface area contributed by atoms with Gasteiger partial charge in [0.25, 0.3) is 5.69 Å². The number of non-ortho nitro benzene ring substituents is 1. The van der Waals surface area contributed by atoms with Crippen molar-refractivity contribution in [2.45, 2.75) is 13.0 Å². The molecule has 3 rings (SSSR count). The molecule has 1 heterocycles. The lowest BCUT2D eigenvalue weighted by Gasteiger charge is -2.16. The van der Waals surface area contributed by atoms with Crippen LogP contribution in [0.2, 0.25) is 0 Å². The molecule has 1 aromatic heterocycles. The van der Waals surface area contributed by atoms with Crippen LogP contribution in [0.1, 0.15) is 18.5 Å². The smallest absolute Gasteiger partial charge is 0.269 e. The Hall–Kier alpha value is -2.89. The van der Waals surface area contributed by atoms with E-state index in [4.69, 9.17) is 0 Å². The molecule has 0 fully saturated rings. The summed E-state index contributed by atoms with van der Waals surface area (Å²) in [5.41, 5.74) is 3.03. The van der Waals surface area contributed by atoms with Gasteiger partial charge in [0.2, 0.25) is 0 Å². The van der Waals surface area contributed by atoms with Gasteiger partial charge in [-0.2, -0.15) is 5.10 Å². The molecule has 1 unspecified atom stereocenters. The second kappa shape index (κ2) is 5.24. The number of anilines is 1. The Morgan fingerprint density at radius 1 is 1.24 bits per heavy atom. The molecule has 0 saturated carbocycles. The van der Waals surface area contributed by atoms with Gasteiger partial charge in [0.15, 0.2) is 0 Å². The quantitative estimate of drug-likeness (QED) is 0.565. The van der Waals surface area contributed by atoms with E-state index in [1.807, 2.05) is 25.1 Å². The molecule has 0 spiro atoms. The van der Waals surface area contributed by atoms with Crippen LogP contribution in [0.25, 0.3) is 10.9 Å². The average molecular weight is 282 g/mol. The van der Waals surface area contributed by atoms with Crippen LogP contribution in [-0.2, 0) is 0 Å². The van der Waals surface area contributed by atoms with Crippen LogP contribution in [-0.4, -0.2) is 15.1 Å². The van der Waals surface area contributed by atoms with Crippen molar-refractivity contribution < 1.29 is 4.92 Å². The van der Waals surface area contributed by atoms with Crippen molar-refractivity contribution in [1.82, 2.24) is 10.2 Å². The average Bonchev–Trinajstić information content (AvgIpc) is 2.97. The molecular formula is C15H14N4O2. The van der Waals surface area contributed by atoms with Crippen molar-refractivity contribution in [3.05, 3.63) is 64.3 Å². The topological polar surface area (TPSA) is 83.8 Å². The maximum Gasteiger partial charge on any atom is 0.269 e. The van der Waals surface area contributed by atoms with E-state index in [0.29, 0.717) is 0 Å². The molecule has 3 aromatic rings. The zero-order valence-corrected chi connectivity index (χ0v) is 11.4. The third kappa shape index (κ3) is 2.55. The summed E-state index contributed by atoms with van der Waals surface area (Å²) in [6, 6.07) is 12.5. The fourth-order valence-electron chi connectivity index (χ4n) is 2.30. The van der Waals surface area contributed by atoms with Crippen molar-refractivity contribution in [2.24, 2.45) is 0 Å². The molecule has 0 saturated heterocycles. The Labute approximate surface area is 121 Å². The number of aromatic amines is 1. The lowest BCUT2D eigenvalue weighted by molar-refractivity contribution is -0.384. The lowest BCUT2D eigenvalue weighted by atomic mass is 10.1. The molecule has 2 N–H and O–H groups in total. The Morgan fingerprint density at radius 2 is 2.00 bits per heavy atom. The van der Waals surface area contributed by atoms with Gasteiger partial charge in [-0.25, -0.2) is 0 Å². The molecular weight excluding hydrogens is 268 g/mol. The van der Waals surface area contributed by atoms with Crippen LogP contribution in [0.5, 0.6) is 0 Å². The standard InChI is InChI=1S/C15H14N4O2/c1-10(11-5-7-12(8-6-11)19(20)21)17-14-3-2-4-15-13(14)9-16-18-15/h2-10,17H,1H3,(H,16,18). The van der Waals surface area contributed by atoms with E-state index in [0.717, 1.165) is 22.2 Å². The van der Waals surface area contributed by atoms with Crippen molar-refractivity contribution in [1.29, 1.82) is 0 Å². The first kappa shape index (κ1) is 13.1. The van der Waals surface area contributed by atoms with Gasteiger partial charge in [-0.05, 0) is 24.6 Å². The minimum Gasteiger partial charge on any atom is -0.378 e. The highest BCUT2D eigenvalue weighted by molar-refractivity contribution is 5.90. The fourth-order valence-corrected chi connectivity index (χ4v) is 2.30. The Balaban J connectivity index is 1.84. The monoisotopic (exact) mass is 282 g/mol. The van der Waals surface area contributed by atoms with Gasteiger partial charge in [0.1, 0.15) is 0 Å². The Bertz CT molecular complexity index is 780. The van der Waals surface area contributed by atoms with Crippen LogP contribution in [0, 0.1) is 10.1 Å². The van der Waals surface area contributed by atoms with E-state index in [2.05, 4.69) is 15.5 Å². The molecule has 21 heavy (non-hydrogen) atoms. The number of rotatable bonds is 4. The summed E-state index contributed by atoms with van der Waals surface area (Å²) in [5.74, 6) is 0. The molecule has 0 aliphatic heterocycles. The molecule has 0 aliphatic rings. The van der Waals surface area contributed by atoms with Gasteiger partial charge < -0.3 is 5.32 Å². The highest BCUT2D eigenvalue weighted by atomic mass is 16.6. The van der Waals surface area contributed by atoms with Gasteiger partial charge >= 0.3 is 0 Å². The minimum atomic E-state index is -0.395. The van der Waals surface area contributed by atoms with Crippen molar-refractivity contribution in [3.63, 3.8) is 0 Å². The van der Waals surface area contributed by atoms with Crippen LogP contribution < -0.4 is 5.32 Å². The van der Waals surface area contributed by atoms with E-state index in [-0.39, 0.29) is 11.7 Å². The molecule has 0 radical (unpaired) electrons. The van der Waals surface area contributed by atoms with Crippen LogP contribution in [0.15, 0.2) is 48.7 Å². The predicted molar refractivity (Wildman–Crippen MR) is 81.2 cm³/mol. The number of nitrogens with zero attached hydrogens (tertiary/aromatic N) is 2. The number of fused-ring (bicyclic) bond motifs is 1. The van der Waals surface area contributed by atoms with E-state index in [1.165, 1.54) is 12.1 Å². The number of benzene rings is 2. The van der Waals surface area contributed by atoms with Crippen molar-refractivity contribution in [3.8, 4) is 0 Å². The summed E-state index contributed by atoms with van der Waals surface area (Å²) < 4.78 is 0. The number of nitro benzene ring substituents is 1. The molecule has 6 heteroatoms. The summed E-state index contributed by atoms with van der Waals surface area (Å²) in [5, 5.41) is 22.1. The van der Waals surface area contributed by atoms with Crippen molar-refractivity contribution >= 4 is 22.3 Å². The molecule has 6 nitrogen and oxygen atoms in total. The second-order valence-electron chi connectivity index (χ2n) is 4.85. The number of H-pyrrole nitrogens is 1. The van der Waals surface area contributed by atoms with Crippen molar-refractivity contribution in [2.75, 3.05) is 5.32 Å². The number of nitrogens with one attached hydrogen (secondary N) is 2. The predicted octanol–water partition coefficient (Wildman–Crippen LogP) is 3.64. The highest BCUT2D eigenvalue weighted by Crippen LogP contribution is 2.26. The lowest BCUT2D eigenvalue weighted by Crippen LogP contribution is -2.06. The number of aromatic nitrogens is 2. The van der Waals surface area contributed by atoms with E-state index >= 15 is 0 Å². The normalized spacial score (nSPS) is 12.2. The first-order valence-corrected chi connectivity index (χ1v) is 6.58. The number of nitro groups is 1. The SMILES string of the molecule is CC(Nc1cccc2[nH]ncc12)c1ccc([N+](=O)[O-])cc1. The molecule has 1 atom stereocenters. The highest BCUT2D eigenvalue weighted by Gasteiger charge is 2.10. The molecule has 0 aliphatic carbocycles. The van der Waals surface area contributed by atoms with Gasteiger partial charge in [-0.1, -0.05) is 18.2 Å². The minimum absolute atomic E-state index is 0.0336. The van der Waals surface area contributed by atoms with Gasteiger partial charge in [-0.3, -0.25) is 15.2 Å². The van der Waals surface area contributed by atoms with E-state index in [1.54, 1.807) is 18.3 Å². The first-order chi connectivity index (χ1) is 10.1. The fraction of sp³-hybridized carbons (Fsp3) is 0.133. The summed E-state index contributed by atoms with van der Waals surface area (Å²) in [6.45, 7) is 2.01. The maximum absolute atomic E-state index is 10.7. The number of hydrogen-bond donors (Lipinski definition) is 2. The Morgan fingerprint density at radius 3 is 2.71 bits per heavy atom. The third-order valence-corrected chi connectivity index (χ3v) is 3.46.